The van der Waals surface area contributed by atoms with Crippen LogP contribution < -0.4 is 10.6 Å². The van der Waals surface area contributed by atoms with Gasteiger partial charge in [-0.25, -0.2) is 0 Å². The minimum atomic E-state index is 0.252. The van der Waals surface area contributed by atoms with E-state index in [1.54, 1.807) is 0 Å². The molecule has 2 fully saturated rings. The van der Waals surface area contributed by atoms with Gasteiger partial charge in [0, 0.05) is 36.9 Å². The zero-order chi connectivity index (χ0) is 14.7. The highest BCUT2D eigenvalue weighted by Crippen LogP contribution is 2.38. The van der Waals surface area contributed by atoms with Crippen LogP contribution in [0.3, 0.4) is 0 Å². The molecule has 0 unspecified atom stereocenters. The third-order valence-electron chi connectivity index (χ3n) is 5.26. The normalized spacial score (nSPS) is 21.8. The molecule has 3 heteroatoms. The van der Waals surface area contributed by atoms with E-state index >= 15 is 0 Å². The van der Waals surface area contributed by atoms with Crippen LogP contribution in [-0.4, -0.2) is 42.7 Å². The number of piperidine rings is 1. The number of nitrogens with zero attached hydrogens (tertiary/aromatic N) is 2. The fourth-order valence-corrected chi connectivity index (χ4v) is 3.86. The third-order valence-corrected chi connectivity index (χ3v) is 5.26. The topological polar surface area (TPSA) is 32.5 Å². The Morgan fingerprint density at radius 1 is 1.19 bits per heavy atom. The fraction of sp³-hybridized carbons (Fsp3) is 0.667. The summed E-state index contributed by atoms with van der Waals surface area (Å²) >= 11 is 0. The highest BCUT2D eigenvalue weighted by atomic mass is 15.3. The summed E-state index contributed by atoms with van der Waals surface area (Å²) in [6, 6.07) is 11.6. The lowest BCUT2D eigenvalue weighted by atomic mass is 9.85. The van der Waals surface area contributed by atoms with E-state index in [9.17, 15) is 0 Å². The van der Waals surface area contributed by atoms with Crippen molar-refractivity contribution >= 4 is 5.69 Å². The van der Waals surface area contributed by atoms with Gasteiger partial charge in [-0.3, -0.25) is 4.90 Å². The predicted molar refractivity (Wildman–Crippen MR) is 89.7 cm³/mol. The smallest absolute Gasteiger partial charge is 0.0368 e. The molecule has 1 heterocycles. The molecule has 1 aromatic rings. The Kier molecular flexibility index (Phi) is 4.51. The summed E-state index contributed by atoms with van der Waals surface area (Å²) in [5.74, 6) is 0. The third kappa shape index (κ3) is 3.09. The number of hydrogen-bond acceptors (Lipinski definition) is 3. The van der Waals surface area contributed by atoms with Crippen molar-refractivity contribution in [2.75, 3.05) is 31.1 Å². The minimum absolute atomic E-state index is 0.252. The molecule has 1 aliphatic carbocycles. The van der Waals surface area contributed by atoms with Crippen LogP contribution in [0.5, 0.6) is 0 Å². The zero-order valence-electron chi connectivity index (χ0n) is 13.3. The van der Waals surface area contributed by atoms with Crippen LogP contribution in [0, 0.1) is 0 Å². The van der Waals surface area contributed by atoms with Crippen LogP contribution in [0.4, 0.5) is 5.69 Å². The summed E-state index contributed by atoms with van der Waals surface area (Å²) in [5.41, 5.74) is 7.87. The predicted octanol–water partition coefficient (Wildman–Crippen LogP) is 2.86. The van der Waals surface area contributed by atoms with Crippen LogP contribution in [0.25, 0.3) is 0 Å². The van der Waals surface area contributed by atoms with E-state index < -0.39 is 0 Å². The first-order chi connectivity index (χ1) is 10.3. The number of nitrogens with two attached hydrogens (primary N) is 1. The van der Waals surface area contributed by atoms with Crippen molar-refractivity contribution in [3.8, 4) is 0 Å². The van der Waals surface area contributed by atoms with E-state index in [-0.39, 0.29) is 5.54 Å². The number of hydrogen-bond donors (Lipinski definition) is 1. The summed E-state index contributed by atoms with van der Waals surface area (Å²) in [6.45, 7) is 6.58. The van der Waals surface area contributed by atoms with Gasteiger partial charge in [0.05, 0.1) is 0 Å². The number of benzene rings is 1. The van der Waals surface area contributed by atoms with E-state index in [1.165, 1.54) is 44.3 Å². The van der Waals surface area contributed by atoms with E-state index in [2.05, 4.69) is 47.1 Å². The van der Waals surface area contributed by atoms with E-state index in [0.29, 0.717) is 0 Å². The average molecular weight is 287 g/mol. The second-order valence-electron chi connectivity index (χ2n) is 6.68. The molecule has 0 bridgehead atoms. The highest BCUT2D eigenvalue weighted by Gasteiger charge is 2.44. The number of anilines is 1. The second kappa shape index (κ2) is 6.37. The molecule has 0 aromatic heterocycles. The van der Waals surface area contributed by atoms with Crippen LogP contribution >= 0.6 is 0 Å². The summed E-state index contributed by atoms with van der Waals surface area (Å²) in [4.78, 5) is 5.28. The molecule has 116 valence electrons. The van der Waals surface area contributed by atoms with Crippen molar-refractivity contribution in [2.45, 2.75) is 50.6 Å². The molecule has 3 nitrogen and oxygen atoms in total. The molecule has 3 rings (SSSR count). The van der Waals surface area contributed by atoms with Crippen molar-refractivity contribution in [1.29, 1.82) is 0 Å². The van der Waals surface area contributed by atoms with Crippen LogP contribution in [0.15, 0.2) is 30.3 Å². The Balaban J connectivity index is 1.69. The average Bonchev–Trinajstić information content (AvgIpc) is 3.38. The lowest BCUT2D eigenvalue weighted by Gasteiger charge is -2.49. The maximum Gasteiger partial charge on any atom is 0.0368 e. The molecule has 0 amide bonds. The van der Waals surface area contributed by atoms with Crippen LogP contribution in [0.2, 0.25) is 0 Å². The van der Waals surface area contributed by atoms with E-state index in [4.69, 9.17) is 5.73 Å². The maximum atomic E-state index is 6.26. The molecular weight excluding hydrogens is 258 g/mol. The summed E-state index contributed by atoms with van der Waals surface area (Å²) in [6.07, 6.45) is 6.40. The minimum Gasteiger partial charge on any atom is -0.371 e. The Morgan fingerprint density at radius 2 is 1.86 bits per heavy atom. The monoisotopic (exact) mass is 287 g/mol. The molecule has 0 radical (unpaired) electrons. The first kappa shape index (κ1) is 14.9. The summed E-state index contributed by atoms with van der Waals surface area (Å²) in [5, 5.41) is 0. The zero-order valence-corrected chi connectivity index (χ0v) is 13.3. The van der Waals surface area contributed by atoms with Gasteiger partial charge in [0.25, 0.3) is 0 Å². The number of para-hydroxylation sites is 1. The molecule has 2 N–H and O–H groups in total. The maximum absolute atomic E-state index is 6.26. The van der Waals surface area contributed by atoms with E-state index in [0.717, 1.165) is 25.7 Å². The lowest BCUT2D eigenvalue weighted by molar-refractivity contribution is 0.0607. The molecule has 0 atom stereocenters. The summed E-state index contributed by atoms with van der Waals surface area (Å²) < 4.78 is 0. The first-order valence-electron chi connectivity index (χ1n) is 8.56. The van der Waals surface area contributed by atoms with Gasteiger partial charge in [0.15, 0.2) is 0 Å². The lowest BCUT2D eigenvalue weighted by Crippen LogP contribution is -2.60. The molecule has 1 saturated carbocycles. The molecule has 1 aromatic carbocycles. The Hall–Kier alpha value is -1.06. The summed E-state index contributed by atoms with van der Waals surface area (Å²) in [7, 11) is 0. The molecular formula is C18H29N3. The largest absolute Gasteiger partial charge is 0.371 e. The van der Waals surface area contributed by atoms with Gasteiger partial charge in [0.1, 0.15) is 0 Å². The van der Waals surface area contributed by atoms with Gasteiger partial charge in [-0.1, -0.05) is 25.1 Å². The van der Waals surface area contributed by atoms with Gasteiger partial charge >= 0.3 is 0 Å². The second-order valence-corrected chi connectivity index (χ2v) is 6.68. The quantitative estimate of drug-likeness (QED) is 0.873. The van der Waals surface area contributed by atoms with Crippen molar-refractivity contribution in [1.82, 2.24) is 4.90 Å². The molecule has 0 spiro atoms. The number of rotatable bonds is 6. The standard InChI is InChI=1S/C18H29N3/c1-2-12-21(17-8-9-17)18(15-19)10-13-20(14-11-18)16-6-4-3-5-7-16/h3-7,17H,2,8-15,19H2,1H3. The van der Waals surface area contributed by atoms with Gasteiger partial charge in [-0.15, -0.1) is 0 Å². The fourth-order valence-electron chi connectivity index (χ4n) is 3.86. The van der Waals surface area contributed by atoms with Crippen molar-refractivity contribution in [2.24, 2.45) is 5.73 Å². The first-order valence-corrected chi connectivity index (χ1v) is 8.56. The van der Waals surface area contributed by atoms with Crippen molar-refractivity contribution in [3.63, 3.8) is 0 Å². The van der Waals surface area contributed by atoms with Gasteiger partial charge in [0.2, 0.25) is 0 Å². The van der Waals surface area contributed by atoms with Crippen molar-refractivity contribution in [3.05, 3.63) is 30.3 Å². The van der Waals surface area contributed by atoms with Crippen molar-refractivity contribution < 1.29 is 0 Å². The molecule has 21 heavy (non-hydrogen) atoms. The van der Waals surface area contributed by atoms with Gasteiger partial charge < -0.3 is 10.6 Å². The Morgan fingerprint density at radius 3 is 2.38 bits per heavy atom. The van der Waals surface area contributed by atoms with E-state index in [1.807, 2.05) is 0 Å². The Labute approximate surface area is 129 Å². The molecule has 1 saturated heterocycles. The molecule has 2 aliphatic rings. The SMILES string of the molecule is CCCN(C1CC1)C1(CN)CCN(c2ccccc2)CC1. The highest BCUT2D eigenvalue weighted by molar-refractivity contribution is 5.46. The molecule has 1 aliphatic heterocycles. The Bertz CT molecular complexity index is 433. The van der Waals surface area contributed by atoms with Gasteiger partial charge in [-0.2, -0.15) is 0 Å². The van der Waals surface area contributed by atoms with Crippen LogP contribution in [-0.2, 0) is 0 Å². The van der Waals surface area contributed by atoms with Crippen LogP contribution in [0.1, 0.15) is 39.0 Å². The van der Waals surface area contributed by atoms with Gasteiger partial charge in [-0.05, 0) is 50.8 Å².